The number of nitrogens with zero attached hydrogens (tertiary/aromatic N) is 1. The summed E-state index contributed by atoms with van der Waals surface area (Å²) in [6.07, 6.45) is 5.64. The lowest BCUT2D eigenvalue weighted by molar-refractivity contribution is 0.0935. The highest BCUT2D eigenvalue weighted by atomic mass is 35.5. The highest BCUT2D eigenvalue weighted by Crippen LogP contribution is 2.25. The lowest BCUT2D eigenvalue weighted by Crippen LogP contribution is -2.42. The van der Waals surface area contributed by atoms with Gasteiger partial charge in [-0.15, -0.1) is 12.4 Å². The van der Waals surface area contributed by atoms with Crippen LogP contribution in [0.25, 0.3) is 0 Å². The zero-order valence-corrected chi connectivity index (χ0v) is 17.8. The van der Waals surface area contributed by atoms with Gasteiger partial charge in [-0.3, -0.25) is 4.79 Å². The Bertz CT molecular complexity index is 712. The second kappa shape index (κ2) is 11.0. The first-order valence-electron chi connectivity index (χ1n) is 9.53. The number of unbranched alkanes of at least 4 members (excludes halogenated alkanes) is 1. The lowest BCUT2D eigenvalue weighted by Gasteiger charge is -2.32. The summed E-state index contributed by atoms with van der Waals surface area (Å²) in [7, 11) is -3.59. The van der Waals surface area contributed by atoms with Gasteiger partial charge in [-0.25, -0.2) is 8.42 Å². The molecule has 2 unspecified atom stereocenters. The molecule has 1 heterocycles. The van der Waals surface area contributed by atoms with Gasteiger partial charge in [0, 0.05) is 30.7 Å². The summed E-state index contributed by atoms with van der Waals surface area (Å²) < 4.78 is 27.5. The molecule has 0 bridgehead atoms. The number of nitrogens with one attached hydrogen (secondary N) is 1. The van der Waals surface area contributed by atoms with Crippen molar-refractivity contribution in [2.75, 3.05) is 13.1 Å². The number of benzene rings is 1. The number of hydrogen-bond donors (Lipinski definition) is 2. The number of sulfonamides is 1. The third-order valence-corrected chi connectivity index (χ3v) is 6.98. The molecule has 2 atom stereocenters. The second-order valence-corrected chi connectivity index (χ2v) is 8.93. The van der Waals surface area contributed by atoms with Crippen LogP contribution in [0.2, 0.25) is 0 Å². The third-order valence-electron chi connectivity index (χ3n) is 4.97. The predicted molar refractivity (Wildman–Crippen MR) is 111 cm³/mol. The number of nitrogens with two attached hydrogens (primary N) is 1. The zero-order valence-electron chi connectivity index (χ0n) is 16.2. The number of carbonyl (C=O) groups excluding carboxylic acids is 1. The maximum absolute atomic E-state index is 13.0. The van der Waals surface area contributed by atoms with E-state index in [4.69, 9.17) is 5.73 Å². The van der Waals surface area contributed by atoms with Crippen molar-refractivity contribution in [1.82, 2.24) is 9.62 Å². The highest BCUT2D eigenvalue weighted by Gasteiger charge is 2.31. The van der Waals surface area contributed by atoms with E-state index < -0.39 is 10.0 Å². The lowest BCUT2D eigenvalue weighted by atomic mass is 10.1. The molecule has 0 aliphatic carbocycles. The van der Waals surface area contributed by atoms with Crippen molar-refractivity contribution in [3.8, 4) is 0 Å². The highest BCUT2D eigenvalue weighted by molar-refractivity contribution is 7.89. The van der Waals surface area contributed by atoms with Crippen molar-refractivity contribution < 1.29 is 13.2 Å². The Morgan fingerprint density at radius 3 is 2.74 bits per heavy atom. The summed E-state index contributed by atoms with van der Waals surface area (Å²) in [4.78, 5) is 12.7. The first kappa shape index (κ1) is 23.9. The van der Waals surface area contributed by atoms with Gasteiger partial charge in [0.05, 0.1) is 4.90 Å². The Labute approximate surface area is 169 Å². The molecule has 27 heavy (non-hydrogen) atoms. The summed E-state index contributed by atoms with van der Waals surface area (Å²) in [6.45, 7) is 4.93. The maximum atomic E-state index is 13.0. The van der Waals surface area contributed by atoms with E-state index in [9.17, 15) is 13.2 Å². The quantitative estimate of drug-likeness (QED) is 0.680. The third kappa shape index (κ3) is 6.17. The molecule has 1 fully saturated rings. The van der Waals surface area contributed by atoms with Crippen molar-refractivity contribution in [2.24, 2.45) is 5.73 Å². The molecule has 1 aliphatic rings. The van der Waals surface area contributed by atoms with Crippen LogP contribution in [0.15, 0.2) is 29.2 Å². The van der Waals surface area contributed by atoms with Gasteiger partial charge in [0.1, 0.15) is 0 Å². The SMILES string of the molecule is CCCCC(CN)NC(=O)c1cccc(S(=O)(=O)N2CCCCC2C)c1.Cl. The minimum atomic E-state index is -3.59. The molecule has 1 amide bonds. The van der Waals surface area contributed by atoms with E-state index in [-0.39, 0.29) is 35.3 Å². The molecule has 0 radical (unpaired) electrons. The minimum absolute atomic E-state index is 0. The summed E-state index contributed by atoms with van der Waals surface area (Å²) >= 11 is 0. The fourth-order valence-electron chi connectivity index (χ4n) is 3.33. The van der Waals surface area contributed by atoms with Gasteiger partial charge in [0.15, 0.2) is 0 Å². The van der Waals surface area contributed by atoms with Gasteiger partial charge in [0.25, 0.3) is 5.91 Å². The fourth-order valence-corrected chi connectivity index (χ4v) is 5.08. The van der Waals surface area contributed by atoms with Crippen molar-refractivity contribution in [3.63, 3.8) is 0 Å². The molecule has 0 spiro atoms. The molecule has 6 nitrogen and oxygen atoms in total. The number of halogens is 1. The number of rotatable bonds is 8. The number of piperidine rings is 1. The monoisotopic (exact) mass is 417 g/mol. The van der Waals surface area contributed by atoms with Gasteiger partial charge in [0.2, 0.25) is 10.0 Å². The molecule has 154 valence electrons. The van der Waals surface area contributed by atoms with Crippen LogP contribution in [0.3, 0.4) is 0 Å². The van der Waals surface area contributed by atoms with Crippen molar-refractivity contribution in [2.45, 2.75) is 69.4 Å². The molecular weight excluding hydrogens is 386 g/mol. The van der Waals surface area contributed by atoms with Crippen molar-refractivity contribution >= 4 is 28.3 Å². The maximum Gasteiger partial charge on any atom is 0.251 e. The standard InChI is InChI=1S/C19H31N3O3S.ClH/c1-3-4-10-17(14-20)21-19(23)16-9-7-11-18(13-16)26(24,25)22-12-6-5-8-15(22)2;/h7,9,11,13,15,17H,3-6,8,10,12,14,20H2,1-2H3,(H,21,23);1H. The smallest absolute Gasteiger partial charge is 0.251 e. The Hall–Kier alpha value is -1.15. The van der Waals surface area contributed by atoms with Crippen LogP contribution in [0, 0.1) is 0 Å². The number of hydrogen-bond acceptors (Lipinski definition) is 4. The molecule has 1 aliphatic heterocycles. The van der Waals surface area contributed by atoms with Crippen LogP contribution in [-0.2, 0) is 10.0 Å². The summed E-state index contributed by atoms with van der Waals surface area (Å²) in [5.41, 5.74) is 6.09. The molecule has 1 aromatic rings. The van der Waals surface area contributed by atoms with E-state index in [1.54, 1.807) is 22.5 Å². The van der Waals surface area contributed by atoms with E-state index in [1.807, 2.05) is 6.92 Å². The zero-order chi connectivity index (χ0) is 19.2. The van der Waals surface area contributed by atoms with Gasteiger partial charge in [-0.1, -0.05) is 32.3 Å². The van der Waals surface area contributed by atoms with Gasteiger partial charge < -0.3 is 11.1 Å². The molecule has 3 N–H and O–H groups in total. The van der Waals surface area contributed by atoms with Gasteiger partial charge >= 0.3 is 0 Å². The fraction of sp³-hybridized carbons (Fsp3) is 0.632. The average molecular weight is 418 g/mol. The number of amides is 1. The molecular formula is C19H32ClN3O3S. The Balaban J connectivity index is 0.00000364. The molecule has 2 rings (SSSR count). The van der Waals surface area contributed by atoms with Crippen LogP contribution >= 0.6 is 12.4 Å². The minimum Gasteiger partial charge on any atom is -0.348 e. The molecule has 0 saturated carbocycles. The van der Waals surface area contributed by atoms with E-state index in [1.165, 1.54) is 6.07 Å². The Kier molecular flexibility index (Phi) is 9.73. The molecule has 8 heteroatoms. The van der Waals surface area contributed by atoms with Crippen LogP contribution in [0.5, 0.6) is 0 Å². The van der Waals surface area contributed by atoms with E-state index in [0.29, 0.717) is 18.7 Å². The number of carbonyl (C=O) groups is 1. The molecule has 0 aromatic heterocycles. The average Bonchev–Trinajstić information content (AvgIpc) is 2.65. The van der Waals surface area contributed by atoms with Gasteiger partial charge in [-0.05, 0) is 44.4 Å². The van der Waals surface area contributed by atoms with E-state index in [2.05, 4.69) is 12.2 Å². The van der Waals surface area contributed by atoms with Crippen LogP contribution in [-0.4, -0.2) is 43.8 Å². The molecule has 1 saturated heterocycles. The van der Waals surface area contributed by atoms with Crippen molar-refractivity contribution in [3.05, 3.63) is 29.8 Å². The van der Waals surface area contributed by atoms with Crippen LogP contribution in [0.4, 0.5) is 0 Å². The Morgan fingerprint density at radius 1 is 1.37 bits per heavy atom. The summed E-state index contributed by atoms with van der Waals surface area (Å²) in [5.74, 6) is -0.278. The largest absolute Gasteiger partial charge is 0.348 e. The summed E-state index contributed by atoms with van der Waals surface area (Å²) in [6, 6.07) is 6.19. The van der Waals surface area contributed by atoms with E-state index in [0.717, 1.165) is 38.5 Å². The molecule has 1 aromatic carbocycles. The van der Waals surface area contributed by atoms with Crippen LogP contribution in [0.1, 0.15) is 62.7 Å². The normalized spacial score (nSPS) is 19.1. The van der Waals surface area contributed by atoms with Crippen molar-refractivity contribution in [1.29, 1.82) is 0 Å². The van der Waals surface area contributed by atoms with Gasteiger partial charge in [-0.2, -0.15) is 4.31 Å². The van der Waals surface area contributed by atoms with E-state index >= 15 is 0 Å². The second-order valence-electron chi connectivity index (χ2n) is 7.04. The summed E-state index contributed by atoms with van der Waals surface area (Å²) in [5, 5.41) is 2.91. The first-order valence-corrected chi connectivity index (χ1v) is 11.0. The van der Waals surface area contributed by atoms with Crippen LogP contribution < -0.4 is 11.1 Å². The Morgan fingerprint density at radius 2 is 2.11 bits per heavy atom. The predicted octanol–water partition coefficient (Wildman–Crippen LogP) is 2.92. The topological polar surface area (TPSA) is 92.5 Å². The first-order chi connectivity index (χ1) is 12.4.